The molecule has 2 N–H and O–H groups in total. The lowest BCUT2D eigenvalue weighted by Gasteiger charge is -2.20. The van der Waals surface area contributed by atoms with Crippen molar-refractivity contribution in [3.05, 3.63) is 0 Å². The maximum atomic E-state index is 9.10. The molecule has 2 unspecified atom stereocenters. The van der Waals surface area contributed by atoms with E-state index in [-0.39, 0.29) is 6.10 Å². The molecule has 2 nitrogen and oxygen atoms in total. The average molecular weight is 199 g/mol. The highest BCUT2D eigenvalue weighted by atomic mass is 16.3. The summed E-state index contributed by atoms with van der Waals surface area (Å²) in [5, 5.41) is 12.7. The van der Waals surface area contributed by atoms with Gasteiger partial charge in [0, 0.05) is 6.04 Å². The van der Waals surface area contributed by atoms with Crippen molar-refractivity contribution >= 4 is 0 Å². The lowest BCUT2D eigenvalue weighted by molar-refractivity contribution is 0.180. The third kappa shape index (κ3) is 4.43. The largest absolute Gasteiger partial charge is 0.393 e. The molecule has 0 aromatic heterocycles. The third-order valence-corrected chi connectivity index (χ3v) is 3.37. The zero-order valence-corrected chi connectivity index (χ0v) is 9.63. The summed E-state index contributed by atoms with van der Waals surface area (Å²) in [5.74, 6) is 0.904. The van der Waals surface area contributed by atoms with Gasteiger partial charge >= 0.3 is 0 Å². The molecule has 2 atom stereocenters. The van der Waals surface area contributed by atoms with Crippen LogP contribution in [0.25, 0.3) is 0 Å². The van der Waals surface area contributed by atoms with Gasteiger partial charge in [-0.2, -0.15) is 0 Å². The van der Waals surface area contributed by atoms with E-state index >= 15 is 0 Å². The van der Waals surface area contributed by atoms with Gasteiger partial charge < -0.3 is 10.4 Å². The van der Waals surface area contributed by atoms with Crippen LogP contribution in [0.1, 0.15) is 52.4 Å². The first-order valence-corrected chi connectivity index (χ1v) is 6.11. The fraction of sp³-hybridized carbons (Fsp3) is 1.00. The molecule has 0 spiro atoms. The first kappa shape index (κ1) is 12.0. The Balaban J connectivity index is 1.99. The minimum atomic E-state index is -0.140. The van der Waals surface area contributed by atoms with Crippen LogP contribution in [0.5, 0.6) is 0 Å². The van der Waals surface area contributed by atoms with Crippen LogP contribution >= 0.6 is 0 Å². The molecule has 0 aromatic carbocycles. The van der Waals surface area contributed by atoms with E-state index in [2.05, 4.69) is 12.2 Å². The summed E-state index contributed by atoms with van der Waals surface area (Å²) >= 11 is 0. The third-order valence-electron chi connectivity index (χ3n) is 3.37. The van der Waals surface area contributed by atoms with Crippen LogP contribution in [0.4, 0.5) is 0 Å². The van der Waals surface area contributed by atoms with Crippen LogP contribution in [0.15, 0.2) is 0 Å². The molecule has 0 aromatic rings. The molecule has 0 heterocycles. The highest BCUT2D eigenvalue weighted by Crippen LogP contribution is 2.27. The molecule has 1 aliphatic rings. The standard InChI is InChI=1S/C12H25NO/c1-10(14)6-5-9-13-11(2)12-7-3-4-8-12/h10-14H,3-9H2,1-2H3. The Morgan fingerprint density at radius 2 is 1.93 bits per heavy atom. The number of hydrogen-bond acceptors (Lipinski definition) is 2. The first-order valence-electron chi connectivity index (χ1n) is 6.11. The molecule has 0 aliphatic heterocycles. The van der Waals surface area contributed by atoms with Crippen molar-refractivity contribution in [2.45, 2.75) is 64.5 Å². The van der Waals surface area contributed by atoms with Gasteiger partial charge in [0.25, 0.3) is 0 Å². The summed E-state index contributed by atoms with van der Waals surface area (Å²) in [6.45, 7) is 5.22. The Morgan fingerprint density at radius 3 is 2.50 bits per heavy atom. The van der Waals surface area contributed by atoms with Gasteiger partial charge in [-0.25, -0.2) is 0 Å². The number of nitrogens with one attached hydrogen (secondary N) is 1. The van der Waals surface area contributed by atoms with E-state index in [0.29, 0.717) is 6.04 Å². The summed E-state index contributed by atoms with van der Waals surface area (Å²) in [5.41, 5.74) is 0. The molecule has 2 heteroatoms. The Labute approximate surface area is 88.1 Å². The fourth-order valence-corrected chi connectivity index (χ4v) is 2.35. The maximum Gasteiger partial charge on any atom is 0.0512 e. The Morgan fingerprint density at radius 1 is 1.29 bits per heavy atom. The number of hydrogen-bond donors (Lipinski definition) is 2. The number of aliphatic hydroxyl groups excluding tert-OH is 1. The van der Waals surface area contributed by atoms with Crippen molar-refractivity contribution in [3.8, 4) is 0 Å². The van der Waals surface area contributed by atoms with Gasteiger partial charge in [0.2, 0.25) is 0 Å². The van der Waals surface area contributed by atoms with Crippen LogP contribution in [0.2, 0.25) is 0 Å². The molecule has 0 saturated heterocycles. The summed E-state index contributed by atoms with van der Waals surface area (Å²) < 4.78 is 0. The molecule has 0 amide bonds. The van der Waals surface area contributed by atoms with Crippen molar-refractivity contribution in [2.75, 3.05) is 6.54 Å². The highest BCUT2D eigenvalue weighted by molar-refractivity contribution is 4.77. The maximum absolute atomic E-state index is 9.10. The number of aliphatic hydroxyl groups is 1. The summed E-state index contributed by atoms with van der Waals surface area (Å²) in [4.78, 5) is 0. The second-order valence-electron chi connectivity index (χ2n) is 4.78. The van der Waals surface area contributed by atoms with E-state index in [9.17, 15) is 0 Å². The molecule has 1 aliphatic carbocycles. The minimum absolute atomic E-state index is 0.140. The van der Waals surface area contributed by atoms with Crippen molar-refractivity contribution in [2.24, 2.45) is 5.92 Å². The van der Waals surface area contributed by atoms with Gasteiger partial charge in [0.05, 0.1) is 6.10 Å². The molecular weight excluding hydrogens is 174 g/mol. The zero-order valence-electron chi connectivity index (χ0n) is 9.63. The zero-order chi connectivity index (χ0) is 10.4. The van der Waals surface area contributed by atoms with Crippen LogP contribution in [0.3, 0.4) is 0 Å². The summed E-state index contributed by atoms with van der Waals surface area (Å²) in [6, 6.07) is 0.673. The van der Waals surface area contributed by atoms with Crippen LogP contribution < -0.4 is 5.32 Å². The van der Waals surface area contributed by atoms with Crippen LogP contribution in [0, 0.1) is 5.92 Å². The van der Waals surface area contributed by atoms with Gasteiger partial charge in [0.15, 0.2) is 0 Å². The number of rotatable bonds is 6. The Kier molecular flexibility index (Phi) is 5.49. The second-order valence-corrected chi connectivity index (χ2v) is 4.78. The van der Waals surface area contributed by atoms with E-state index in [4.69, 9.17) is 5.11 Å². The topological polar surface area (TPSA) is 32.3 Å². The van der Waals surface area contributed by atoms with Gasteiger partial charge in [-0.15, -0.1) is 0 Å². The minimum Gasteiger partial charge on any atom is -0.393 e. The van der Waals surface area contributed by atoms with Crippen molar-refractivity contribution < 1.29 is 5.11 Å². The van der Waals surface area contributed by atoms with Crippen LogP contribution in [-0.2, 0) is 0 Å². The van der Waals surface area contributed by atoms with E-state index in [1.807, 2.05) is 6.92 Å². The van der Waals surface area contributed by atoms with E-state index in [1.165, 1.54) is 25.7 Å². The Bertz CT molecular complexity index is 141. The second kappa shape index (κ2) is 6.41. The fourth-order valence-electron chi connectivity index (χ4n) is 2.35. The van der Waals surface area contributed by atoms with Gasteiger partial charge in [-0.1, -0.05) is 12.8 Å². The molecule has 0 bridgehead atoms. The quantitative estimate of drug-likeness (QED) is 0.643. The molecular formula is C12H25NO. The lowest BCUT2D eigenvalue weighted by Crippen LogP contribution is -2.33. The lowest BCUT2D eigenvalue weighted by atomic mass is 10.00. The highest BCUT2D eigenvalue weighted by Gasteiger charge is 2.20. The normalized spacial score (nSPS) is 22.5. The molecule has 1 rings (SSSR count). The summed E-state index contributed by atoms with van der Waals surface area (Å²) in [6.07, 6.45) is 7.53. The SMILES string of the molecule is CC(O)CCCNC(C)C1CCCC1. The monoisotopic (exact) mass is 199 g/mol. The van der Waals surface area contributed by atoms with Crippen molar-refractivity contribution in [1.29, 1.82) is 0 Å². The molecule has 1 fully saturated rings. The van der Waals surface area contributed by atoms with Crippen LogP contribution in [-0.4, -0.2) is 23.8 Å². The smallest absolute Gasteiger partial charge is 0.0512 e. The van der Waals surface area contributed by atoms with Gasteiger partial charge in [0.1, 0.15) is 0 Å². The molecule has 14 heavy (non-hydrogen) atoms. The predicted octanol–water partition coefficient (Wildman–Crippen LogP) is 2.32. The van der Waals surface area contributed by atoms with Crippen molar-refractivity contribution in [3.63, 3.8) is 0 Å². The van der Waals surface area contributed by atoms with Gasteiger partial charge in [-0.3, -0.25) is 0 Å². The van der Waals surface area contributed by atoms with E-state index in [0.717, 1.165) is 25.3 Å². The van der Waals surface area contributed by atoms with Gasteiger partial charge in [-0.05, 0) is 52.0 Å². The summed E-state index contributed by atoms with van der Waals surface area (Å²) in [7, 11) is 0. The predicted molar refractivity (Wildman–Crippen MR) is 60.3 cm³/mol. The van der Waals surface area contributed by atoms with E-state index < -0.39 is 0 Å². The van der Waals surface area contributed by atoms with Crippen molar-refractivity contribution in [1.82, 2.24) is 5.32 Å². The van der Waals surface area contributed by atoms with E-state index in [1.54, 1.807) is 0 Å². The average Bonchev–Trinajstić information content (AvgIpc) is 2.64. The Hall–Kier alpha value is -0.0800. The molecule has 0 radical (unpaired) electrons. The first-order chi connectivity index (χ1) is 6.70. The molecule has 84 valence electrons. The molecule has 1 saturated carbocycles.